The summed E-state index contributed by atoms with van der Waals surface area (Å²) in [7, 11) is -3.13. The molecule has 0 radical (unpaired) electrons. The topological polar surface area (TPSA) is 89.0 Å². The quantitative estimate of drug-likeness (QED) is 0.380. The molecule has 0 aromatic carbocycles. The fraction of sp³-hybridized carbons (Fsp3) is 0. The summed E-state index contributed by atoms with van der Waals surface area (Å²) in [5.74, 6) is 0. The van der Waals surface area contributed by atoms with Gasteiger partial charge in [-0.15, -0.1) is 0 Å². The molecule has 0 fully saturated rings. The first-order valence-electron chi connectivity index (χ1n) is 0.651. The van der Waals surface area contributed by atoms with Crippen LogP contribution in [0.3, 0.4) is 0 Å². The fourth-order valence-corrected chi connectivity index (χ4v) is 0. The molecule has 0 rings (SSSR count). The molecule has 0 bridgehead atoms. The van der Waals surface area contributed by atoms with Gasteiger partial charge in [0.1, 0.15) is 0 Å². The van der Waals surface area contributed by atoms with Gasteiger partial charge in [-0.05, 0) is 0 Å². The van der Waals surface area contributed by atoms with E-state index >= 15 is 0 Å². The van der Waals surface area contributed by atoms with Crippen molar-refractivity contribution in [3.05, 3.63) is 0 Å². The Balaban J connectivity index is -0.0000000150. The first-order chi connectivity index (χ1) is 1.73. The van der Waals surface area contributed by atoms with Crippen molar-refractivity contribution in [1.82, 2.24) is 0 Å². The Morgan fingerprint density at radius 2 is 1.29 bits per heavy atom. The van der Waals surface area contributed by atoms with Crippen LogP contribution in [0.5, 0.6) is 0 Å². The normalized spacial score (nSPS) is 3.43. The molecule has 0 saturated heterocycles. The van der Waals surface area contributed by atoms with Crippen molar-refractivity contribution in [1.29, 1.82) is 0 Å². The molecule has 0 saturated carbocycles. The maximum atomic E-state index is 8.74. The number of hydrogen-bond acceptors (Lipinski definition) is 1. The van der Waals surface area contributed by atoms with Crippen molar-refractivity contribution in [3.63, 3.8) is 0 Å². The van der Waals surface area contributed by atoms with Crippen molar-refractivity contribution in [2.24, 2.45) is 0 Å². The summed E-state index contributed by atoms with van der Waals surface area (Å²) in [6, 6.07) is 0. The minimum absolute atomic E-state index is 0. The van der Waals surface area contributed by atoms with Crippen LogP contribution < -0.4 is 0 Å². The fourth-order valence-electron chi connectivity index (χ4n) is 0. The zero-order valence-corrected chi connectivity index (χ0v) is 4.76. The Kier molecular flexibility index (Phi) is 56.1. The van der Waals surface area contributed by atoms with Crippen LogP contribution in [0.15, 0.2) is 0 Å². The largest absolute Gasteiger partial charge is 0.761 e. The summed E-state index contributed by atoms with van der Waals surface area (Å²) < 4.78 is 8.74. The van der Waals surface area contributed by atoms with Crippen LogP contribution in [0, 0.1) is 0 Å². The van der Waals surface area contributed by atoms with E-state index in [1.807, 2.05) is 0 Å². The van der Waals surface area contributed by atoms with Crippen LogP contribution >= 0.6 is 0 Å². The number of rotatable bonds is 0. The van der Waals surface area contributed by atoms with Gasteiger partial charge in [0.25, 0.3) is 0 Å². The molecule has 44 valence electrons. The summed E-state index contributed by atoms with van der Waals surface area (Å²) >= 11 is 0. The molecule has 0 atom stereocenters. The van der Waals surface area contributed by atoms with E-state index in [9.17, 15) is 0 Å². The zero-order chi connectivity index (χ0) is 3.58. The van der Waals surface area contributed by atoms with Gasteiger partial charge in [0.15, 0.2) is 0 Å². The Hall–Kier alpha value is 0.863. The molecule has 0 heterocycles. The van der Waals surface area contributed by atoms with E-state index in [-0.39, 0.29) is 45.6 Å². The van der Waals surface area contributed by atoms with Crippen molar-refractivity contribution < 1.29 is 36.6 Å². The van der Waals surface area contributed by atoms with E-state index in [0.29, 0.717) is 0 Å². The van der Waals surface area contributed by atoms with E-state index in [1.54, 1.807) is 0 Å². The smallest absolute Gasteiger partial charge is 0.511 e. The third-order valence-electron chi connectivity index (χ3n) is 0. The van der Waals surface area contributed by atoms with Crippen LogP contribution in [0.2, 0.25) is 0 Å². The van der Waals surface area contributed by atoms with Crippen LogP contribution in [-0.2, 0) is 21.5 Å². The van der Waals surface area contributed by atoms with Gasteiger partial charge in [0.2, 0.25) is 0 Å². The Bertz CT molecular complexity index is 34.7. The minimum atomic E-state index is -3.13. The van der Waals surface area contributed by atoms with Crippen molar-refractivity contribution in [2.45, 2.75) is 0 Å². The first-order valence-corrected chi connectivity index (χ1v) is 1.95. The Morgan fingerprint density at radius 3 is 1.29 bits per heavy atom. The molecule has 0 aromatic heterocycles. The second-order valence-corrected chi connectivity index (χ2v) is 0.848. The monoisotopic (exact) mass is 178 g/mol. The van der Waals surface area contributed by atoms with Crippen molar-refractivity contribution in [3.8, 4) is 0 Å². The molecule has 4 nitrogen and oxygen atoms in total. The first kappa shape index (κ1) is 24.8. The molecule has 0 aliphatic carbocycles. The summed E-state index contributed by atoms with van der Waals surface area (Å²) in [6.07, 6.45) is 0. The third-order valence-corrected chi connectivity index (χ3v) is 0. The predicted molar refractivity (Wildman–Crippen MR) is 23.0 cm³/mol. The molecule has 7 heteroatoms. The second-order valence-electron chi connectivity index (χ2n) is 0.283. The summed E-state index contributed by atoms with van der Waals surface area (Å²) in [4.78, 5) is 14.3. The van der Waals surface area contributed by atoms with Crippen LogP contribution in [-0.4, -0.2) is 47.3 Å². The van der Waals surface area contributed by atoms with Crippen molar-refractivity contribution in [2.75, 3.05) is 0 Å². The van der Waals surface area contributed by atoms with Crippen LogP contribution in [0.25, 0.3) is 0 Å². The molecule has 0 aliphatic heterocycles. The average molecular weight is 178 g/mol. The Labute approximate surface area is 68.8 Å². The molecule has 0 aromatic rings. The van der Waals surface area contributed by atoms with Gasteiger partial charge < -0.3 is 15.1 Å². The van der Waals surface area contributed by atoms with Gasteiger partial charge in [0, 0.05) is 17.1 Å². The summed E-state index contributed by atoms with van der Waals surface area (Å²) in [6.45, 7) is 0. The maximum Gasteiger partial charge on any atom is 0.761 e. The number of hydrogen-bond donors (Lipinski definition) is 2. The van der Waals surface area contributed by atoms with Gasteiger partial charge in [-0.2, -0.15) is 0 Å². The molecule has 4 N–H and O–H groups in total. The standard InChI is InChI=1S/Fe.Mg.H2O3Si.H2O.2H/c;;1-4(2)3;;;/h;;1-2H;1H2;;. The second kappa shape index (κ2) is 15.8. The van der Waals surface area contributed by atoms with Gasteiger partial charge >= 0.3 is 32.2 Å². The van der Waals surface area contributed by atoms with E-state index in [0.717, 1.165) is 0 Å². The molecule has 0 aliphatic rings. The maximum absolute atomic E-state index is 8.74. The minimum Gasteiger partial charge on any atom is -0.511 e. The molecular weight excluding hydrogens is 172 g/mol. The molecular formula is H6FeMgO4Si. The van der Waals surface area contributed by atoms with E-state index in [1.165, 1.54) is 0 Å². The molecule has 0 unspecified atom stereocenters. The predicted octanol–water partition coefficient (Wildman–Crippen LogP) is -3.36. The van der Waals surface area contributed by atoms with Gasteiger partial charge in [-0.3, -0.25) is 4.46 Å². The van der Waals surface area contributed by atoms with Gasteiger partial charge in [-0.1, -0.05) is 0 Å². The third kappa shape index (κ3) is 218. The summed E-state index contributed by atoms with van der Waals surface area (Å²) in [5.41, 5.74) is 0. The zero-order valence-electron chi connectivity index (χ0n) is 2.66. The molecule has 0 spiro atoms. The van der Waals surface area contributed by atoms with Crippen LogP contribution in [0.1, 0.15) is 0 Å². The average Bonchev–Trinajstić information content (AvgIpc) is 0.811. The molecule has 7 heavy (non-hydrogen) atoms. The van der Waals surface area contributed by atoms with E-state index in [2.05, 4.69) is 0 Å². The van der Waals surface area contributed by atoms with E-state index in [4.69, 9.17) is 14.1 Å². The van der Waals surface area contributed by atoms with E-state index < -0.39 is 9.17 Å². The van der Waals surface area contributed by atoms with Gasteiger partial charge in [0.05, 0.1) is 0 Å². The summed E-state index contributed by atoms with van der Waals surface area (Å²) in [5, 5.41) is 0. The van der Waals surface area contributed by atoms with Gasteiger partial charge in [-0.25, -0.2) is 0 Å². The molecule has 0 amide bonds. The Morgan fingerprint density at radius 1 is 1.29 bits per heavy atom. The van der Waals surface area contributed by atoms with Crippen molar-refractivity contribution >= 4 is 32.2 Å². The SMILES string of the molecule is O.O=[Si](O)O.[Fe].[MgH2]. The van der Waals surface area contributed by atoms with Crippen LogP contribution in [0.4, 0.5) is 0 Å².